The lowest BCUT2D eigenvalue weighted by molar-refractivity contribution is -0.711. The zero-order chi connectivity index (χ0) is 22.7. The van der Waals surface area contributed by atoms with Crippen LogP contribution in [-0.2, 0) is 11.2 Å². The Labute approximate surface area is 182 Å². The second-order valence-corrected chi connectivity index (χ2v) is 7.29. The van der Waals surface area contributed by atoms with E-state index in [9.17, 15) is 24.4 Å². The van der Waals surface area contributed by atoms with Crippen molar-refractivity contribution >= 4 is 28.9 Å². The van der Waals surface area contributed by atoms with Gasteiger partial charge in [0.25, 0.3) is 5.09 Å². The van der Waals surface area contributed by atoms with Crippen LogP contribution >= 0.6 is 11.6 Å². The summed E-state index contributed by atoms with van der Waals surface area (Å²) in [6.07, 6.45) is -0.326. The molecular formula is C22H18ClFN2O5. The summed E-state index contributed by atoms with van der Waals surface area (Å²) in [7, 11) is 0. The molecule has 0 unspecified atom stereocenters. The highest BCUT2D eigenvalue weighted by Gasteiger charge is 2.19. The number of carbonyl (C=O) groups is 1. The number of carboxylic acids is 1. The lowest BCUT2D eigenvalue weighted by atomic mass is 9.92. The van der Waals surface area contributed by atoms with Crippen LogP contribution in [0.1, 0.15) is 16.7 Å². The van der Waals surface area contributed by atoms with Crippen molar-refractivity contribution in [2.75, 3.05) is 5.32 Å². The second-order valence-electron chi connectivity index (χ2n) is 6.88. The SMILES string of the molecule is Cc1cc(CC(=O)O)c(Nc2c(F)cccc2Cl)c(-c2cccc(O[N+](=O)[O-])c2C)c1. The van der Waals surface area contributed by atoms with Gasteiger partial charge in [-0.1, -0.05) is 41.4 Å². The average Bonchev–Trinajstić information content (AvgIpc) is 2.67. The van der Waals surface area contributed by atoms with Gasteiger partial charge in [-0.25, -0.2) is 4.39 Å². The van der Waals surface area contributed by atoms with Crippen LogP contribution in [0, 0.1) is 29.8 Å². The number of hydrogen-bond donors (Lipinski definition) is 2. The maximum Gasteiger partial charge on any atom is 0.307 e. The molecule has 0 saturated carbocycles. The Morgan fingerprint density at radius 3 is 2.52 bits per heavy atom. The Balaban J connectivity index is 2.27. The minimum absolute atomic E-state index is 0.00347. The first kappa shape index (κ1) is 22.0. The van der Waals surface area contributed by atoms with Crippen molar-refractivity contribution in [2.45, 2.75) is 20.3 Å². The minimum Gasteiger partial charge on any atom is -0.481 e. The molecule has 0 spiro atoms. The first-order valence-electron chi connectivity index (χ1n) is 9.16. The van der Waals surface area contributed by atoms with Crippen LogP contribution in [0.25, 0.3) is 11.1 Å². The van der Waals surface area contributed by atoms with Crippen LogP contribution in [-0.4, -0.2) is 16.2 Å². The third kappa shape index (κ3) is 4.92. The van der Waals surface area contributed by atoms with Gasteiger partial charge in [-0.3, -0.25) is 9.63 Å². The van der Waals surface area contributed by atoms with Gasteiger partial charge in [0.1, 0.15) is 11.6 Å². The van der Waals surface area contributed by atoms with E-state index in [2.05, 4.69) is 10.2 Å². The Hall–Kier alpha value is -3.65. The van der Waals surface area contributed by atoms with E-state index in [1.165, 1.54) is 24.3 Å². The van der Waals surface area contributed by atoms with Crippen LogP contribution in [0.2, 0.25) is 5.02 Å². The molecule has 7 nitrogen and oxygen atoms in total. The fourth-order valence-corrected chi connectivity index (χ4v) is 3.56. The molecule has 0 saturated heterocycles. The monoisotopic (exact) mass is 444 g/mol. The molecule has 9 heteroatoms. The topological polar surface area (TPSA) is 102 Å². The Bertz CT molecular complexity index is 1160. The second kappa shape index (κ2) is 9.01. The van der Waals surface area contributed by atoms with Crippen molar-refractivity contribution in [2.24, 2.45) is 0 Å². The molecule has 0 atom stereocenters. The number of benzene rings is 3. The molecule has 0 bridgehead atoms. The van der Waals surface area contributed by atoms with Crippen molar-refractivity contribution in [3.63, 3.8) is 0 Å². The fraction of sp³-hybridized carbons (Fsp3) is 0.136. The molecule has 2 N–H and O–H groups in total. The zero-order valence-corrected chi connectivity index (χ0v) is 17.4. The lowest BCUT2D eigenvalue weighted by Crippen LogP contribution is -2.08. The summed E-state index contributed by atoms with van der Waals surface area (Å²) in [5.41, 5.74) is 3.05. The molecule has 0 heterocycles. The zero-order valence-electron chi connectivity index (χ0n) is 16.6. The summed E-state index contributed by atoms with van der Waals surface area (Å²) in [5, 5.41) is 22.4. The van der Waals surface area contributed by atoms with Crippen molar-refractivity contribution in [1.29, 1.82) is 0 Å². The van der Waals surface area contributed by atoms with E-state index >= 15 is 0 Å². The predicted octanol–water partition coefficient (Wildman–Crippen LogP) is 5.70. The first-order chi connectivity index (χ1) is 14.7. The van der Waals surface area contributed by atoms with E-state index in [0.29, 0.717) is 27.9 Å². The van der Waals surface area contributed by atoms with Crippen molar-refractivity contribution in [1.82, 2.24) is 0 Å². The van der Waals surface area contributed by atoms with Gasteiger partial charge in [0, 0.05) is 5.56 Å². The molecule has 3 aromatic carbocycles. The fourth-order valence-electron chi connectivity index (χ4n) is 3.35. The van der Waals surface area contributed by atoms with Crippen LogP contribution < -0.4 is 10.2 Å². The summed E-state index contributed by atoms with van der Waals surface area (Å²) in [4.78, 5) is 27.0. The van der Waals surface area contributed by atoms with Gasteiger partial charge in [0.05, 0.1) is 22.8 Å². The lowest BCUT2D eigenvalue weighted by Gasteiger charge is -2.20. The summed E-state index contributed by atoms with van der Waals surface area (Å²) >= 11 is 6.17. The predicted molar refractivity (Wildman–Crippen MR) is 115 cm³/mol. The smallest absolute Gasteiger partial charge is 0.307 e. The molecule has 3 aromatic rings. The van der Waals surface area contributed by atoms with Crippen LogP contribution in [0.4, 0.5) is 15.8 Å². The van der Waals surface area contributed by atoms with E-state index < -0.39 is 16.9 Å². The van der Waals surface area contributed by atoms with E-state index in [0.717, 1.165) is 5.56 Å². The summed E-state index contributed by atoms with van der Waals surface area (Å²) in [6.45, 7) is 3.44. The normalized spacial score (nSPS) is 10.6. The van der Waals surface area contributed by atoms with Crippen molar-refractivity contribution < 1.29 is 24.2 Å². The number of halogens is 2. The maximum absolute atomic E-state index is 14.5. The third-order valence-electron chi connectivity index (χ3n) is 4.67. The molecule has 0 fully saturated rings. The summed E-state index contributed by atoms with van der Waals surface area (Å²) < 4.78 is 14.5. The van der Waals surface area contributed by atoms with Crippen LogP contribution in [0.5, 0.6) is 5.75 Å². The number of para-hydroxylation sites is 1. The molecule has 0 aliphatic carbocycles. The molecule has 160 valence electrons. The quantitative estimate of drug-likeness (QED) is 0.358. The third-order valence-corrected chi connectivity index (χ3v) is 4.98. The van der Waals surface area contributed by atoms with E-state index in [-0.39, 0.29) is 22.9 Å². The largest absolute Gasteiger partial charge is 0.481 e. The van der Waals surface area contributed by atoms with Gasteiger partial charge in [0.15, 0.2) is 0 Å². The summed E-state index contributed by atoms with van der Waals surface area (Å²) in [5.74, 6) is -1.64. The number of nitrogens with one attached hydrogen (secondary N) is 1. The number of aliphatic carboxylic acids is 1. The van der Waals surface area contributed by atoms with Crippen molar-refractivity contribution in [3.8, 4) is 16.9 Å². The number of rotatable bonds is 7. The number of hydrogen-bond acceptors (Lipinski definition) is 5. The van der Waals surface area contributed by atoms with Gasteiger partial charge in [-0.05, 0) is 54.8 Å². The average molecular weight is 445 g/mol. The highest BCUT2D eigenvalue weighted by atomic mass is 35.5. The van der Waals surface area contributed by atoms with Crippen molar-refractivity contribution in [3.05, 3.63) is 86.2 Å². The number of carboxylic acid groups (broad SMARTS) is 1. The molecule has 0 aliphatic rings. The van der Waals surface area contributed by atoms with Gasteiger partial charge in [-0.15, -0.1) is 10.1 Å². The van der Waals surface area contributed by atoms with Gasteiger partial charge in [-0.2, -0.15) is 0 Å². The summed E-state index contributed by atoms with van der Waals surface area (Å²) in [6, 6.07) is 12.4. The molecule has 0 aliphatic heterocycles. The molecule has 3 rings (SSSR count). The van der Waals surface area contributed by atoms with E-state index in [1.54, 1.807) is 38.1 Å². The van der Waals surface area contributed by atoms with Gasteiger partial charge >= 0.3 is 5.97 Å². The number of nitrogens with zero attached hydrogens (tertiary/aromatic N) is 1. The van der Waals surface area contributed by atoms with E-state index in [4.69, 9.17) is 11.6 Å². The molecule has 0 aromatic heterocycles. The molecular weight excluding hydrogens is 427 g/mol. The molecule has 0 amide bonds. The van der Waals surface area contributed by atoms with E-state index in [1.807, 2.05) is 0 Å². The molecule has 0 radical (unpaired) electrons. The first-order valence-corrected chi connectivity index (χ1v) is 9.54. The Morgan fingerprint density at radius 1 is 1.16 bits per heavy atom. The minimum atomic E-state index is -1.07. The highest BCUT2D eigenvalue weighted by Crippen LogP contribution is 2.40. The van der Waals surface area contributed by atoms with Gasteiger partial charge < -0.3 is 10.4 Å². The standard InChI is InChI=1S/C22H18ClFN2O5/c1-12-9-14(11-20(27)28)21(25-22-17(23)6-4-7-18(22)24)16(10-12)15-5-3-8-19(13(15)2)31-26(29)30/h3-10,25H,11H2,1-2H3,(H,27,28). The van der Waals surface area contributed by atoms with Crippen LogP contribution in [0.3, 0.4) is 0 Å². The maximum atomic E-state index is 14.5. The van der Waals surface area contributed by atoms with Gasteiger partial charge in [0.2, 0.25) is 0 Å². The number of aryl methyl sites for hydroxylation is 1. The Kier molecular flexibility index (Phi) is 6.41. The number of anilines is 2. The Morgan fingerprint density at radius 2 is 1.87 bits per heavy atom. The molecule has 31 heavy (non-hydrogen) atoms. The van der Waals surface area contributed by atoms with Crippen LogP contribution in [0.15, 0.2) is 48.5 Å². The highest BCUT2D eigenvalue weighted by molar-refractivity contribution is 6.33.